The number of sulfone groups is 1. The number of rotatable bonds is 4. The summed E-state index contributed by atoms with van der Waals surface area (Å²) in [6.45, 7) is 0. The lowest BCUT2D eigenvalue weighted by molar-refractivity contribution is 0.103. The van der Waals surface area contributed by atoms with Crippen molar-refractivity contribution >= 4 is 31.6 Å². The third-order valence-corrected chi connectivity index (χ3v) is 3.75. The second-order valence-electron chi connectivity index (χ2n) is 4.11. The van der Waals surface area contributed by atoms with Crippen molar-refractivity contribution in [2.45, 2.75) is 5.75 Å². The summed E-state index contributed by atoms with van der Waals surface area (Å²) >= 11 is 3.26. The van der Waals surface area contributed by atoms with E-state index >= 15 is 0 Å². The Morgan fingerprint density at radius 2 is 2.16 bits per heavy atom. The van der Waals surface area contributed by atoms with Gasteiger partial charge in [-0.1, -0.05) is 21.1 Å². The lowest BCUT2D eigenvalue weighted by Gasteiger charge is -2.07. The smallest absolute Gasteiger partial charge is 0.198 e. The molecule has 1 heterocycles. The zero-order chi connectivity index (χ0) is 14.0. The van der Waals surface area contributed by atoms with Crippen LogP contribution in [0.2, 0.25) is 0 Å². The first kappa shape index (κ1) is 14.0. The fourth-order valence-electron chi connectivity index (χ4n) is 1.66. The lowest BCUT2D eigenvalue weighted by atomic mass is 10.0. The minimum Gasteiger partial charge on any atom is -0.364 e. The lowest BCUT2D eigenvalue weighted by Crippen LogP contribution is -2.09. The molecule has 19 heavy (non-hydrogen) atoms. The Bertz CT molecular complexity index is 707. The van der Waals surface area contributed by atoms with Gasteiger partial charge >= 0.3 is 0 Å². The van der Waals surface area contributed by atoms with Gasteiger partial charge in [-0.3, -0.25) is 4.79 Å². The van der Waals surface area contributed by atoms with Crippen LogP contribution >= 0.6 is 15.9 Å². The second kappa shape index (κ2) is 5.26. The second-order valence-corrected chi connectivity index (χ2v) is 7.17. The number of hydrogen-bond acceptors (Lipinski definition) is 5. The van der Waals surface area contributed by atoms with Gasteiger partial charge in [0.15, 0.2) is 15.6 Å². The first-order valence-corrected chi connectivity index (χ1v) is 8.12. The Morgan fingerprint density at radius 3 is 2.74 bits per heavy atom. The largest absolute Gasteiger partial charge is 0.364 e. The van der Waals surface area contributed by atoms with Crippen molar-refractivity contribution in [2.24, 2.45) is 0 Å². The van der Waals surface area contributed by atoms with Gasteiger partial charge in [0.25, 0.3) is 0 Å². The average Bonchev–Trinajstić information content (AvgIpc) is 2.79. The van der Waals surface area contributed by atoms with Crippen LogP contribution in [-0.2, 0) is 15.6 Å². The summed E-state index contributed by atoms with van der Waals surface area (Å²) in [5, 5.41) is 3.47. The zero-order valence-electron chi connectivity index (χ0n) is 9.96. The molecule has 0 saturated carbocycles. The summed E-state index contributed by atoms with van der Waals surface area (Å²) in [5.74, 6) is -0.508. The molecule has 0 bridgehead atoms. The molecule has 0 atom stereocenters. The van der Waals surface area contributed by atoms with Gasteiger partial charge in [0.1, 0.15) is 6.26 Å². The molecule has 0 saturated heterocycles. The molecule has 5 nitrogen and oxygen atoms in total. The minimum absolute atomic E-state index is 0.196. The van der Waals surface area contributed by atoms with Gasteiger partial charge in [-0.2, -0.15) is 0 Å². The number of hydrogen-bond donors (Lipinski definition) is 0. The standard InChI is InChI=1S/C12H10BrNO4S/c1-19(16,17)7-8-4-10(13)2-3-11(8)12(15)9-5-14-18-6-9/h2-6H,7H2,1H3. The van der Waals surface area contributed by atoms with Crippen LogP contribution in [0.4, 0.5) is 0 Å². The van der Waals surface area contributed by atoms with Crippen molar-refractivity contribution in [1.29, 1.82) is 0 Å². The van der Waals surface area contributed by atoms with Crippen LogP contribution in [0.3, 0.4) is 0 Å². The number of nitrogens with zero attached hydrogens (tertiary/aromatic N) is 1. The molecule has 0 radical (unpaired) electrons. The summed E-state index contributed by atoms with van der Waals surface area (Å²) in [7, 11) is -3.23. The molecular weight excluding hydrogens is 334 g/mol. The van der Waals surface area contributed by atoms with Gasteiger partial charge in [-0.25, -0.2) is 8.42 Å². The van der Waals surface area contributed by atoms with Gasteiger partial charge < -0.3 is 4.52 Å². The van der Waals surface area contributed by atoms with Gasteiger partial charge in [0, 0.05) is 16.3 Å². The van der Waals surface area contributed by atoms with E-state index in [1.165, 1.54) is 12.5 Å². The van der Waals surface area contributed by atoms with Gasteiger partial charge in [0.05, 0.1) is 17.5 Å². The molecule has 0 N–H and O–H groups in total. The first-order valence-electron chi connectivity index (χ1n) is 5.27. The quantitative estimate of drug-likeness (QED) is 0.795. The molecule has 2 rings (SSSR count). The van der Waals surface area contributed by atoms with Crippen molar-refractivity contribution in [2.75, 3.05) is 6.26 Å². The summed E-state index contributed by atoms with van der Waals surface area (Å²) in [4.78, 5) is 12.2. The highest BCUT2D eigenvalue weighted by molar-refractivity contribution is 9.10. The SMILES string of the molecule is CS(=O)(=O)Cc1cc(Br)ccc1C(=O)c1cnoc1. The molecule has 0 aliphatic carbocycles. The van der Waals surface area contributed by atoms with Crippen LogP contribution in [0.1, 0.15) is 21.5 Å². The molecule has 0 spiro atoms. The van der Waals surface area contributed by atoms with E-state index in [0.29, 0.717) is 15.6 Å². The van der Waals surface area contributed by atoms with Gasteiger partial charge in [-0.05, 0) is 23.8 Å². The highest BCUT2D eigenvalue weighted by Gasteiger charge is 2.18. The number of halogens is 1. The van der Waals surface area contributed by atoms with E-state index in [4.69, 9.17) is 0 Å². The van der Waals surface area contributed by atoms with Crippen LogP contribution in [0, 0.1) is 0 Å². The van der Waals surface area contributed by atoms with Crippen LogP contribution in [-0.4, -0.2) is 25.6 Å². The van der Waals surface area contributed by atoms with Crippen molar-refractivity contribution in [3.8, 4) is 0 Å². The summed E-state index contributed by atoms with van der Waals surface area (Å²) in [6, 6.07) is 4.90. The Hall–Kier alpha value is -1.47. The number of carbonyl (C=O) groups excluding carboxylic acids is 1. The maximum absolute atomic E-state index is 12.2. The van der Waals surface area contributed by atoms with Crippen LogP contribution in [0.25, 0.3) is 0 Å². The Morgan fingerprint density at radius 1 is 1.42 bits per heavy atom. The molecular formula is C12H10BrNO4S. The molecule has 2 aromatic rings. The number of benzene rings is 1. The van der Waals surface area contributed by atoms with E-state index in [-0.39, 0.29) is 17.1 Å². The van der Waals surface area contributed by atoms with E-state index in [1.807, 2.05) is 0 Å². The fraction of sp³-hybridized carbons (Fsp3) is 0.167. The van der Waals surface area contributed by atoms with Crippen LogP contribution in [0.15, 0.2) is 39.7 Å². The summed E-state index contributed by atoms with van der Waals surface area (Å²) < 4.78 is 28.2. The third-order valence-electron chi connectivity index (χ3n) is 2.42. The minimum atomic E-state index is -3.23. The molecule has 0 amide bonds. The Balaban J connectivity index is 2.48. The Kier molecular flexibility index (Phi) is 3.86. The van der Waals surface area contributed by atoms with E-state index in [1.54, 1.807) is 18.2 Å². The maximum Gasteiger partial charge on any atom is 0.198 e. The van der Waals surface area contributed by atoms with E-state index in [2.05, 4.69) is 25.6 Å². The molecule has 7 heteroatoms. The predicted octanol–water partition coefficient (Wildman–Crippen LogP) is 2.21. The van der Waals surface area contributed by atoms with Crippen molar-refractivity contribution in [3.63, 3.8) is 0 Å². The number of ketones is 1. The van der Waals surface area contributed by atoms with Gasteiger partial charge in [-0.15, -0.1) is 0 Å². The van der Waals surface area contributed by atoms with Crippen molar-refractivity contribution < 1.29 is 17.7 Å². The van der Waals surface area contributed by atoms with Crippen LogP contribution < -0.4 is 0 Å². The topological polar surface area (TPSA) is 77.2 Å². The summed E-state index contributed by atoms with van der Waals surface area (Å²) in [5.41, 5.74) is 1.07. The van der Waals surface area contributed by atoms with E-state index < -0.39 is 9.84 Å². The zero-order valence-corrected chi connectivity index (χ0v) is 12.4. The molecule has 0 aliphatic heterocycles. The predicted molar refractivity (Wildman–Crippen MR) is 72.6 cm³/mol. The maximum atomic E-state index is 12.2. The average molecular weight is 344 g/mol. The molecule has 0 fully saturated rings. The molecule has 1 aromatic carbocycles. The monoisotopic (exact) mass is 343 g/mol. The highest BCUT2D eigenvalue weighted by Crippen LogP contribution is 2.21. The van der Waals surface area contributed by atoms with Crippen molar-refractivity contribution in [3.05, 3.63) is 51.8 Å². The van der Waals surface area contributed by atoms with E-state index in [9.17, 15) is 13.2 Å². The third kappa shape index (κ3) is 3.51. The van der Waals surface area contributed by atoms with Crippen LogP contribution in [0.5, 0.6) is 0 Å². The summed E-state index contributed by atoms with van der Waals surface area (Å²) in [6.07, 6.45) is 3.66. The molecule has 0 aliphatic rings. The Labute approximate surface area is 118 Å². The van der Waals surface area contributed by atoms with E-state index in [0.717, 1.165) is 6.26 Å². The van der Waals surface area contributed by atoms with Gasteiger partial charge in [0.2, 0.25) is 0 Å². The number of carbonyl (C=O) groups is 1. The normalized spacial score (nSPS) is 11.5. The molecule has 0 unspecified atom stereocenters. The molecule has 100 valence electrons. The van der Waals surface area contributed by atoms with Crippen molar-refractivity contribution in [1.82, 2.24) is 5.16 Å². The first-order chi connectivity index (χ1) is 8.87. The fourth-order valence-corrected chi connectivity index (χ4v) is 2.87. The molecule has 1 aromatic heterocycles. The highest BCUT2D eigenvalue weighted by atomic mass is 79.9. The number of aromatic nitrogens is 1.